The molecule has 0 fully saturated rings. The smallest absolute Gasteiger partial charge is 0.123 e. The average molecular weight is 289 g/mol. The van der Waals surface area contributed by atoms with Gasteiger partial charge in [0, 0.05) is 19.8 Å². The Bertz CT molecular complexity index is 538. The zero-order chi connectivity index (χ0) is 15.1. The molecule has 0 radical (unpaired) electrons. The van der Waals surface area contributed by atoms with Crippen LogP contribution in [0.1, 0.15) is 5.56 Å². The average Bonchev–Trinajstić information content (AvgIpc) is 2.52. The van der Waals surface area contributed by atoms with Crippen LogP contribution in [0.2, 0.25) is 0 Å². The Hall–Kier alpha value is -2.23. The number of nitrogens with zero attached hydrogens (tertiary/aromatic N) is 1. The first-order chi connectivity index (χ1) is 10.2. The zero-order valence-corrected chi connectivity index (χ0v) is 12.4. The van der Waals surface area contributed by atoms with Gasteiger partial charge in [-0.1, -0.05) is 12.1 Å². The molecule has 0 saturated heterocycles. The molecule has 0 heterocycles. The summed E-state index contributed by atoms with van der Waals surface area (Å²) in [5.74, 6) is 1.41. The van der Waals surface area contributed by atoms with E-state index in [2.05, 4.69) is 17.0 Å². The van der Waals surface area contributed by atoms with E-state index in [9.17, 15) is 4.39 Å². The maximum atomic E-state index is 12.0. The van der Waals surface area contributed by atoms with Gasteiger partial charge in [0.2, 0.25) is 0 Å². The molecular formula is C17H20FNO2. The number of benzene rings is 2. The minimum atomic E-state index is -0.485. The third-order valence-electron chi connectivity index (χ3n) is 3.03. The molecule has 0 amide bonds. The van der Waals surface area contributed by atoms with Crippen molar-refractivity contribution in [3.05, 3.63) is 54.1 Å². The minimum absolute atomic E-state index is 0.0818. The van der Waals surface area contributed by atoms with Crippen molar-refractivity contribution in [2.24, 2.45) is 0 Å². The van der Waals surface area contributed by atoms with Crippen LogP contribution in [0.3, 0.4) is 0 Å². The van der Waals surface area contributed by atoms with Gasteiger partial charge >= 0.3 is 0 Å². The number of rotatable bonds is 7. The molecule has 0 spiro atoms. The molecule has 0 aromatic heterocycles. The molecule has 112 valence electrons. The lowest BCUT2D eigenvalue weighted by Crippen LogP contribution is -2.08. The largest absolute Gasteiger partial charge is 0.491 e. The fraction of sp³-hybridized carbons (Fsp3) is 0.294. The molecular weight excluding hydrogens is 269 g/mol. The maximum absolute atomic E-state index is 12.0. The minimum Gasteiger partial charge on any atom is -0.491 e. The molecule has 2 aromatic carbocycles. The fourth-order valence-electron chi connectivity index (χ4n) is 1.85. The van der Waals surface area contributed by atoms with Gasteiger partial charge in [-0.25, -0.2) is 4.39 Å². The Balaban J connectivity index is 1.87. The lowest BCUT2D eigenvalue weighted by Gasteiger charge is -2.13. The molecule has 2 aromatic rings. The second kappa shape index (κ2) is 7.53. The highest BCUT2D eigenvalue weighted by Crippen LogP contribution is 2.19. The van der Waals surface area contributed by atoms with Gasteiger partial charge < -0.3 is 14.4 Å². The summed E-state index contributed by atoms with van der Waals surface area (Å²) in [5, 5.41) is 0. The normalized spacial score (nSPS) is 10.2. The molecule has 0 unspecified atom stereocenters. The number of anilines is 1. The molecule has 0 atom stereocenters. The zero-order valence-electron chi connectivity index (χ0n) is 12.4. The number of hydrogen-bond donors (Lipinski definition) is 0. The van der Waals surface area contributed by atoms with Crippen molar-refractivity contribution in [1.82, 2.24) is 0 Å². The fourth-order valence-corrected chi connectivity index (χ4v) is 1.85. The van der Waals surface area contributed by atoms with Gasteiger partial charge in [0.1, 0.15) is 31.4 Å². The Morgan fingerprint density at radius 1 is 0.857 bits per heavy atom. The van der Waals surface area contributed by atoms with Crippen LogP contribution in [0.4, 0.5) is 10.1 Å². The topological polar surface area (TPSA) is 21.7 Å². The number of ether oxygens (including phenoxy) is 2. The SMILES string of the molecule is CN(C)c1ccc(COc2ccc(OCCF)cc2)cc1. The lowest BCUT2D eigenvalue weighted by atomic mass is 10.2. The van der Waals surface area contributed by atoms with Crippen molar-refractivity contribution >= 4 is 5.69 Å². The number of alkyl halides is 1. The van der Waals surface area contributed by atoms with Crippen molar-refractivity contribution in [2.45, 2.75) is 6.61 Å². The summed E-state index contributed by atoms with van der Waals surface area (Å²) >= 11 is 0. The summed E-state index contributed by atoms with van der Waals surface area (Å²) in [6.45, 7) is 0.109. The second-order valence-electron chi connectivity index (χ2n) is 4.86. The maximum Gasteiger partial charge on any atom is 0.123 e. The molecule has 21 heavy (non-hydrogen) atoms. The van der Waals surface area contributed by atoms with Gasteiger partial charge in [-0.15, -0.1) is 0 Å². The van der Waals surface area contributed by atoms with Crippen molar-refractivity contribution in [3.63, 3.8) is 0 Å². The van der Waals surface area contributed by atoms with Crippen LogP contribution in [0.15, 0.2) is 48.5 Å². The van der Waals surface area contributed by atoms with E-state index in [0.717, 1.165) is 17.0 Å². The molecule has 4 heteroatoms. The molecule has 0 saturated carbocycles. The monoisotopic (exact) mass is 289 g/mol. The van der Waals surface area contributed by atoms with Gasteiger partial charge in [0.15, 0.2) is 0 Å². The molecule has 0 aliphatic rings. The second-order valence-corrected chi connectivity index (χ2v) is 4.86. The molecule has 0 bridgehead atoms. The van der Waals surface area contributed by atoms with Crippen molar-refractivity contribution in [1.29, 1.82) is 0 Å². The van der Waals surface area contributed by atoms with Crippen LogP contribution in [0, 0.1) is 0 Å². The van der Waals surface area contributed by atoms with Crippen molar-refractivity contribution in [2.75, 3.05) is 32.3 Å². The van der Waals surface area contributed by atoms with E-state index in [-0.39, 0.29) is 6.61 Å². The van der Waals surface area contributed by atoms with Crippen LogP contribution < -0.4 is 14.4 Å². The van der Waals surface area contributed by atoms with E-state index >= 15 is 0 Å². The predicted octanol–water partition coefficient (Wildman–Crippen LogP) is 3.68. The first-order valence-electron chi connectivity index (χ1n) is 6.87. The van der Waals surface area contributed by atoms with Gasteiger partial charge in [0.05, 0.1) is 0 Å². The molecule has 0 N–H and O–H groups in total. The summed E-state index contributed by atoms with van der Waals surface area (Å²) in [4.78, 5) is 2.06. The Morgan fingerprint density at radius 2 is 1.43 bits per heavy atom. The first kappa shape index (κ1) is 15.2. The number of halogens is 1. The van der Waals surface area contributed by atoms with E-state index < -0.39 is 6.67 Å². The summed E-state index contributed by atoms with van der Waals surface area (Å²) in [6, 6.07) is 15.4. The van der Waals surface area contributed by atoms with Gasteiger partial charge in [-0.2, -0.15) is 0 Å². The van der Waals surface area contributed by atoms with Crippen molar-refractivity contribution in [3.8, 4) is 11.5 Å². The molecule has 2 rings (SSSR count). The van der Waals surface area contributed by atoms with E-state index in [1.54, 1.807) is 12.1 Å². The summed E-state index contributed by atoms with van der Waals surface area (Å²) in [6.07, 6.45) is 0. The van der Waals surface area contributed by atoms with E-state index in [0.29, 0.717) is 12.4 Å². The first-order valence-corrected chi connectivity index (χ1v) is 6.87. The highest BCUT2D eigenvalue weighted by Gasteiger charge is 1.99. The third-order valence-corrected chi connectivity index (χ3v) is 3.03. The van der Waals surface area contributed by atoms with Crippen LogP contribution in [0.25, 0.3) is 0 Å². The van der Waals surface area contributed by atoms with Crippen LogP contribution in [0.5, 0.6) is 11.5 Å². The molecule has 0 aliphatic heterocycles. The molecule has 0 aliphatic carbocycles. The van der Waals surface area contributed by atoms with Crippen LogP contribution in [-0.4, -0.2) is 27.4 Å². The standard InChI is InChI=1S/C17H20FNO2/c1-19(2)15-5-3-14(4-6-15)13-21-17-9-7-16(8-10-17)20-12-11-18/h3-10H,11-13H2,1-2H3. The highest BCUT2D eigenvalue weighted by molar-refractivity contribution is 5.46. The van der Waals surface area contributed by atoms with E-state index in [1.807, 2.05) is 38.4 Å². The highest BCUT2D eigenvalue weighted by atomic mass is 19.1. The van der Waals surface area contributed by atoms with Crippen LogP contribution in [-0.2, 0) is 6.61 Å². The lowest BCUT2D eigenvalue weighted by molar-refractivity contribution is 0.271. The summed E-state index contributed by atoms with van der Waals surface area (Å²) in [7, 11) is 4.02. The summed E-state index contributed by atoms with van der Waals surface area (Å²) in [5.41, 5.74) is 2.27. The van der Waals surface area contributed by atoms with Gasteiger partial charge in [0.25, 0.3) is 0 Å². The molecule has 3 nitrogen and oxygen atoms in total. The quantitative estimate of drug-likeness (QED) is 0.776. The number of hydrogen-bond acceptors (Lipinski definition) is 3. The Labute approximate surface area is 124 Å². The van der Waals surface area contributed by atoms with Crippen LogP contribution >= 0.6 is 0 Å². The summed E-state index contributed by atoms with van der Waals surface area (Å²) < 4.78 is 22.9. The van der Waals surface area contributed by atoms with Crippen molar-refractivity contribution < 1.29 is 13.9 Å². The van der Waals surface area contributed by atoms with E-state index in [1.165, 1.54) is 0 Å². The van der Waals surface area contributed by atoms with Gasteiger partial charge in [-0.3, -0.25) is 0 Å². The van der Waals surface area contributed by atoms with E-state index in [4.69, 9.17) is 9.47 Å². The van der Waals surface area contributed by atoms with Gasteiger partial charge in [-0.05, 0) is 42.0 Å². The predicted molar refractivity (Wildman–Crippen MR) is 83.0 cm³/mol. The third kappa shape index (κ3) is 4.67. The Morgan fingerprint density at radius 3 is 1.95 bits per heavy atom. The Kier molecular flexibility index (Phi) is 5.43.